The van der Waals surface area contributed by atoms with Gasteiger partial charge in [0.25, 0.3) is 0 Å². The van der Waals surface area contributed by atoms with Crippen molar-refractivity contribution in [3.05, 3.63) is 66.2 Å². The van der Waals surface area contributed by atoms with Crippen molar-refractivity contribution < 1.29 is 9.32 Å². The number of nitrogens with zero attached hydrogens (tertiary/aromatic N) is 1. The summed E-state index contributed by atoms with van der Waals surface area (Å²) in [6.07, 6.45) is 0. The molecule has 0 saturated heterocycles. The van der Waals surface area contributed by atoms with Gasteiger partial charge in [0.15, 0.2) is 0 Å². The highest BCUT2D eigenvalue weighted by molar-refractivity contribution is 7.85. The van der Waals surface area contributed by atoms with Crippen LogP contribution in [0.1, 0.15) is 5.56 Å². The van der Waals surface area contributed by atoms with Crippen molar-refractivity contribution in [3.63, 3.8) is 0 Å². The molecule has 0 amide bonds. The standard InChI is InChI=1S/C15H17NO2S/c17-12-11-16(15-9-5-2-6-10-15)19(18)13-14-7-3-1-4-8-14/h1-10,17H,11-13H2. The molecule has 0 aliphatic heterocycles. The Morgan fingerprint density at radius 2 is 1.53 bits per heavy atom. The lowest BCUT2D eigenvalue weighted by molar-refractivity contribution is 0.307. The quantitative estimate of drug-likeness (QED) is 0.879. The molecule has 1 unspecified atom stereocenters. The van der Waals surface area contributed by atoms with E-state index in [9.17, 15) is 4.21 Å². The van der Waals surface area contributed by atoms with Gasteiger partial charge in [-0.3, -0.25) is 4.31 Å². The molecule has 0 spiro atoms. The SMILES string of the molecule is O=S(Cc1ccccc1)N(CCO)c1ccccc1. The van der Waals surface area contributed by atoms with Gasteiger partial charge in [0.05, 0.1) is 18.9 Å². The number of rotatable bonds is 6. The maximum atomic E-state index is 12.4. The zero-order valence-electron chi connectivity index (χ0n) is 10.6. The first-order valence-corrected chi connectivity index (χ1v) is 7.44. The zero-order valence-corrected chi connectivity index (χ0v) is 11.4. The lowest BCUT2D eigenvalue weighted by Crippen LogP contribution is -2.29. The van der Waals surface area contributed by atoms with Crippen LogP contribution < -0.4 is 4.31 Å². The molecule has 0 saturated carbocycles. The molecule has 1 N–H and O–H groups in total. The van der Waals surface area contributed by atoms with Gasteiger partial charge < -0.3 is 5.11 Å². The number of benzene rings is 2. The predicted octanol–water partition coefficient (Wildman–Crippen LogP) is 2.35. The van der Waals surface area contributed by atoms with Gasteiger partial charge >= 0.3 is 0 Å². The van der Waals surface area contributed by atoms with Crippen LogP contribution in [0, 0.1) is 0 Å². The third kappa shape index (κ3) is 3.91. The number of hydrogen-bond donors (Lipinski definition) is 1. The van der Waals surface area contributed by atoms with Gasteiger partial charge in [0.1, 0.15) is 11.0 Å². The van der Waals surface area contributed by atoms with Crippen LogP contribution in [-0.4, -0.2) is 22.5 Å². The van der Waals surface area contributed by atoms with Gasteiger partial charge in [0.2, 0.25) is 0 Å². The van der Waals surface area contributed by atoms with Gasteiger partial charge in [0, 0.05) is 5.69 Å². The molecule has 19 heavy (non-hydrogen) atoms. The van der Waals surface area contributed by atoms with E-state index in [1.165, 1.54) is 0 Å². The molecule has 4 heteroatoms. The van der Waals surface area contributed by atoms with Gasteiger partial charge in [-0.05, 0) is 17.7 Å². The summed E-state index contributed by atoms with van der Waals surface area (Å²) in [5.41, 5.74) is 1.89. The van der Waals surface area contributed by atoms with Crippen LogP contribution in [0.2, 0.25) is 0 Å². The van der Waals surface area contributed by atoms with Crippen molar-refractivity contribution >= 4 is 16.7 Å². The Balaban J connectivity index is 2.13. The maximum Gasteiger partial charge on any atom is 0.124 e. The second-order valence-corrected chi connectivity index (χ2v) is 5.49. The Morgan fingerprint density at radius 3 is 2.11 bits per heavy atom. The average molecular weight is 275 g/mol. The summed E-state index contributed by atoms with van der Waals surface area (Å²) >= 11 is 0. The monoisotopic (exact) mass is 275 g/mol. The second kappa shape index (κ2) is 7.07. The first-order chi connectivity index (χ1) is 9.31. The molecule has 0 fully saturated rings. The van der Waals surface area contributed by atoms with E-state index in [0.29, 0.717) is 12.3 Å². The van der Waals surface area contributed by atoms with Crippen LogP contribution in [0.3, 0.4) is 0 Å². The third-order valence-electron chi connectivity index (χ3n) is 2.73. The Kier molecular flexibility index (Phi) is 5.12. The van der Waals surface area contributed by atoms with Gasteiger partial charge in [-0.1, -0.05) is 48.5 Å². The van der Waals surface area contributed by atoms with E-state index in [-0.39, 0.29) is 6.61 Å². The molecule has 0 radical (unpaired) electrons. The van der Waals surface area contributed by atoms with E-state index in [2.05, 4.69) is 0 Å². The Hall–Kier alpha value is -1.65. The summed E-state index contributed by atoms with van der Waals surface area (Å²) in [6.45, 7) is 0.346. The van der Waals surface area contributed by atoms with Crippen molar-refractivity contribution in [2.45, 2.75) is 5.75 Å². The first kappa shape index (κ1) is 13.8. The van der Waals surface area contributed by atoms with Crippen LogP contribution in [0.25, 0.3) is 0 Å². The van der Waals surface area contributed by atoms with E-state index in [0.717, 1.165) is 11.3 Å². The molecule has 0 bridgehead atoms. The Morgan fingerprint density at radius 1 is 0.947 bits per heavy atom. The fraction of sp³-hybridized carbons (Fsp3) is 0.200. The van der Waals surface area contributed by atoms with Crippen LogP contribution in [-0.2, 0) is 16.7 Å². The summed E-state index contributed by atoms with van der Waals surface area (Å²) in [5.74, 6) is 0.454. The fourth-order valence-electron chi connectivity index (χ4n) is 1.83. The molecule has 100 valence electrons. The Bertz CT molecular complexity index is 516. The van der Waals surface area contributed by atoms with E-state index >= 15 is 0 Å². The van der Waals surface area contributed by atoms with Gasteiger partial charge in [-0.15, -0.1) is 0 Å². The molecule has 2 rings (SSSR count). The highest BCUT2D eigenvalue weighted by Crippen LogP contribution is 2.17. The highest BCUT2D eigenvalue weighted by Gasteiger charge is 2.13. The molecule has 3 nitrogen and oxygen atoms in total. The topological polar surface area (TPSA) is 40.5 Å². The van der Waals surface area contributed by atoms with Crippen molar-refractivity contribution in [2.24, 2.45) is 0 Å². The molecular formula is C15H17NO2S. The zero-order chi connectivity index (χ0) is 13.5. The molecule has 0 aliphatic rings. The summed E-state index contributed by atoms with van der Waals surface area (Å²) in [4.78, 5) is 0. The summed E-state index contributed by atoms with van der Waals surface area (Å²) in [6, 6.07) is 19.3. The molecule has 0 aromatic heterocycles. The first-order valence-electron chi connectivity index (χ1n) is 6.17. The number of hydrogen-bond acceptors (Lipinski definition) is 2. The number of para-hydroxylation sites is 1. The highest BCUT2D eigenvalue weighted by atomic mass is 32.2. The number of aliphatic hydroxyl groups excluding tert-OH is 1. The lowest BCUT2D eigenvalue weighted by atomic mass is 10.2. The van der Waals surface area contributed by atoms with Crippen LogP contribution in [0.4, 0.5) is 5.69 Å². The van der Waals surface area contributed by atoms with Gasteiger partial charge in [-0.2, -0.15) is 0 Å². The normalized spacial score (nSPS) is 12.1. The molecule has 0 heterocycles. The van der Waals surface area contributed by atoms with Crippen molar-refractivity contribution in [3.8, 4) is 0 Å². The fourth-order valence-corrected chi connectivity index (χ4v) is 3.10. The minimum absolute atomic E-state index is 0.0184. The minimum atomic E-state index is -1.19. The second-order valence-electron chi connectivity index (χ2n) is 4.11. The van der Waals surface area contributed by atoms with Gasteiger partial charge in [-0.25, -0.2) is 4.21 Å². The summed E-state index contributed by atoms with van der Waals surface area (Å²) in [7, 11) is -1.19. The van der Waals surface area contributed by atoms with Crippen molar-refractivity contribution in [1.29, 1.82) is 0 Å². The maximum absolute atomic E-state index is 12.4. The third-order valence-corrected chi connectivity index (χ3v) is 4.19. The number of aliphatic hydroxyl groups is 1. The van der Waals surface area contributed by atoms with Crippen molar-refractivity contribution in [2.75, 3.05) is 17.5 Å². The smallest absolute Gasteiger partial charge is 0.124 e. The minimum Gasteiger partial charge on any atom is -0.394 e. The average Bonchev–Trinajstić information content (AvgIpc) is 2.46. The molecule has 0 aliphatic carbocycles. The molecule has 1 atom stereocenters. The number of anilines is 1. The van der Waals surface area contributed by atoms with E-state index in [1.54, 1.807) is 4.31 Å². The van der Waals surface area contributed by atoms with Crippen LogP contribution in [0.15, 0.2) is 60.7 Å². The Labute approximate surface area is 116 Å². The summed E-state index contributed by atoms with van der Waals surface area (Å²) in [5, 5.41) is 9.14. The lowest BCUT2D eigenvalue weighted by Gasteiger charge is -2.22. The molecule has 2 aromatic carbocycles. The van der Waals surface area contributed by atoms with E-state index < -0.39 is 11.0 Å². The van der Waals surface area contributed by atoms with Crippen molar-refractivity contribution in [1.82, 2.24) is 0 Å². The molecule has 2 aromatic rings. The largest absolute Gasteiger partial charge is 0.394 e. The predicted molar refractivity (Wildman–Crippen MR) is 79.2 cm³/mol. The van der Waals surface area contributed by atoms with Crippen LogP contribution >= 0.6 is 0 Å². The molecular weight excluding hydrogens is 258 g/mol. The summed E-state index contributed by atoms with van der Waals surface area (Å²) < 4.78 is 14.2. The van der Waals surface area contributed by atoms with E-state index in [4.69, 9.17) is 5.11 Å². The van der Waals surface area contributed by atoms with E-state index in [1.807, 2.05) is 60.7 Å². The van der Waals surface area contributed by atoms with Crippen LogP contribution in [0.5, 0.6) is 0 Å².